The number of piperidine rings is 1. The van der Waals surface area contributed by atoms with E-state index in [-0.39, 0.29) is 41.7 Å². The number of para-hydroxylation sites is 2. The zero-order valence-corrected chi connectivity index (χ0v) is 17.0. The number of nitrogens with two attached hydrogens (primary N) is 1. The van der Waals surface area contributed by atoms with E-state index in [9.17, 15) is 9.59 Å². The smallest absolute Gasteiger partial charge is 0.242 e. The summed E-state index contributed by atoms with van der Waals surface area (Å²) in [6.07, 6.45) is 0.810. The molecule has 0 radical (unpaired) electrons. The third-order valence-corrected chi connectivity index (χ3v) is 5.84. The summed E-state index contributed by atoms with van der Waals surface area (Å²) in [7, 11) is 0. The minimum Gasteiger partial charge on any atom is -0.340 e. The number of likely N-dealkylation sites (tertiary alicyclic amines) is 1. The minimum absolute atomic E-state index is 0. The molecule has 2 N–H and O–H groups in total. The van der Waals surface area contributed by atoms with E-state index in [0.717, 1.165) is 17.5 Å². The Morgan fingerprint density at radius 1 is 1.07 bits per heavy atom. The lowest BCUT2D eigenvalue weighted by atomic mass is 9.79. The molecule has 28 heavy (non-hydrogen) atoms. The molecule has 1 aliphatic heterocycles. The van der Waals surface area contributed by atoms with Crippen molar-refractivity contribution < 1.29 is 4.79 Å². The maximum absolute atomic E-state index is 13.1. The van der Waals surface area contributed by atoms with Crippen LogP contribution in [0.5, 0.6) is 0 Å². The Labute approximate surface area is 170 Å². The van der Waals surface area contributed by atoms with Crippen LogP contribution in [0.1, 0.15) is 20.3 Å². The molecule has 1 saturated heterocycles. The van der Waals surface area contributed by atoms with E-state index in [1.807, 2.05) is 58.0 Å². The Kier molecular flexibility index (Phi) is 5.50. The van der Waals surface area contributed by atoms with Crippen molar-refractivity contribution in [1.82, 2.24) is 9.47 Å². The van der Waals surface area contributed by atoms with Crippen LogP contribution >= 0.6 is 12.4 Å². The number of amides is 1. The lowest BCUT2D eigenvalue weighted by Gasteiger charge is -2.42. The van der Waals surface area contributed by atoms with Gasteiger partial charge in [0, 0.05) is 29.9 Å². The molecule has 4 rings (SSSR count). The lowest BCUT2D eigenvalue weighted by Crippen LogP contribution is -2.54. The van der Waals surface area contributed by atoms with E-state index in [4.69, 9.17) is 5.73 Å². The SMILES string of the molecule is CC1(C)CN(C(=O)Cn2c3ccccc3c(=O)c3ccccc32)CCC1N.Cl. The number of fused-ring (bicyclic) bond motifs is 2. The van der Waals surface area contributed by atoms with Gasteiger partial charge in [-0.3, -0.25) is 9.59 Å². The van der Waals surface area contributed by atoms with Crippen LogP contribution in [0.15, 0.2) is 53.3 Å². The second-order valence-corrected chi connectivity index (χ2v) is 8.15. The third-order valence-electron chi connectivity index (χ3n) is 5.84. The summed E-state index contributed by atoms with van der Waals surface area (Å²) in [5.74, 6) is 0.0638. The second-order valence-electron chi connectivity index (χ2n) is 8.15. The predicted molar refractivity (Wildman–Crippen MR) is 116 cm³/mol. The van der Waals surface area contributed by atoms with Crippen LogP contribution in [0, 0.1) is 5.41 Å². The molecule has 0 saturated carbocycles. The fourth-order valence-corrected chi connectivity index (χ4v) is 4.07. The number of hydrogen-bond donors (Lipinski definition) is 1. The summed E-state index contributed by atoms with van der Waals surface area (Å²) < 4.78 is 1.97. The average Bonchev–Trinajstić information content (AvgIpc) is 2.67. The van der Waals surface area contributed by atoms with E-state index >= 15 is 0 Å². The van der Waals surface area contributed by atoms with Crippen molar-refractivity contribution in [2.24, 2.45) is 11.1 Å². The molecule has 1 amide bonds. The highest BCUT2D eigenvalue weighted by Gasteiger charge is 2.35. The Bertz CT molecular complexity index is 1030. The van der Waals surface area contributed by atoms with Crippen LogP contribution < -0.4 is 11.2 Å². The van der Waals surface area contributed by atoms with Crippen LogP contribution in [0.25, 0.3) is 21.8 Å². The van der Waals surface area contributed by atoms with E-state index in [1.54, 1.807) is 0 Å². The first-order valence-corrected chi connectivity index (χ1v) is 9.42. The average molecular weight is 400 g/mol. The molecular weight excluding hydrogens is 374 g/mol. The normalized spacial score (nSPS) is 18.8. The van der Waals surface area contributed by atoms with Gasteiger partial charge >= 0.3 is 0 Å². The van der Waals surface area contributed by atoms with Crippen molar-refractivity contribution in [3.8, 4) is 0 Å². The molecule has 0 spiro atoms. The van der Waals surface area contributed by atoms with Crippen molar-refractivity contribution >= 4 is 40.1 Å². The maximum atomic E-state index is 13.1. The summed E-state index contributed by atoms with van der Waals surface area (Å²) in [5.41, 5.74) is 7.72. The van der Waals surface area contributed by atoms with Gasteiger partial charge < -0.3 is 15.2 Å². The standard InChI is InChI=1S/C22H25N3O2.ClH/c1-22(2)14-24(12-11-19(22)23)20(26)13-25-17-9-5-3-7-15(17)21(27)16-8-4-6-10-18(16)25;/h3-10,19H,11-14,23H2,1-2H3;1H. The van der Waals surface area contributed by atoms with Crippen LogP contribution in [-0.4, -0.2) is 34.5 Å². The van der Waals surface area contributed by atoms with Crippen molar-refractivity contribution in [2.45, 2.75) is 32.9 Å². The van der Waals surface area contributed by atoms with E-state index < -0.39 is 0 Å². The first-order chi connectivity index (χ1) is 12.9. The van der Waals surface area contributed by atoms with E-state index in [1.165, 1.54) is 0 Å². The molecule has 1 aliphatic rings. The Morgan fingerprint density at radius 2 is 1.61 bits per heavy atom. The fourth-order valence-electron chi connectivity index (χ4n) is 4.07. The fraction of sp³-hybridized carbons (Fsp3) is 0.364. The summed E-state index contributed by atoms with van der Waals surface area (Å²) >= 11 is 0. The monoisotopic (exact) mass is 399 g/mol. The number of rotatable bonds is 2. The molecule has 148 valence electrons. The highest BCUT2D eigenvalue weighted by atomic mass is 35.5. The van der Waals surface area contributed by atoms with Crippen molar-refractivity contribution in [1.29, 1.82) is 0 Å². The minimum atomic E-state index is -0.0956. The van der Waals surface area contributed by atoms with Gasteiger partial charge in [0.15, 0.2) is 5.43 Å². The van der Waals surface area contributed by atoms with Gasteiger partial charge in [-0.25, -0.2) is 0 Å². The Balaban J connectivity index is 0.00000225. The molecule has 0 aliphatic carbocycles. The number of aromatic nitrogens is 1. The molecule has 1 atom stereocenters. The first kappa shape index (κ1) is 20.4. The zero-order valence-electron chi connectivity index (χ0n) is 16.2. The number of pyridine rings is 1. The van der Waals surface area contributed by atoms with Crippen LogP contribution in [0.2, 0.25) is 0 Å². The van der Waals surface area contributed by atoms with Crippen LogP contribution in [0.4, 0.5) is 0 Å². The predicted octanol–water partition coefficient (Wildman–Crippen LogP) is 3.16. The van der Waals surface area contributed by atoms with Crippen molar-refractivity contribution in [3.63, 3.8) is 0 Å². The van der Waals surface area contributed by atoms with Gasteiger partial charge in [0.2, 0.25) is 5.91 Å². The van der Waals surface area contributed by atoms with E-state index in [2.05, 4.69) is 13.8 Å². The highest BCUT2D eigenvalue weighted by Crippen LogP contribution is 2.28. The van der Waals surface area contributed by atoms with Gasteiger partial charge in [0.1, 0.15) is 6.54 Å². The molecule has 2 aromatic carbocycles. The number of halogens is 1. The van der Waals surface area contributed by atoms with Gasteiger partial charge in [0.05, 0.1) is 11.0 Å². The number of nitrogens with zero attached hydrogens (tertiary/aromatic N) is 2. The van der Waals surface area contributed by atoms with Gasteiger partial charge in [-0.1, -0.05) is 38.1 Å². The van der Waals surface area contributed by atoms with Gasteiger partial charge in [-0.05, 0) is 36.1 Å². The molecule has 1 aromatic heterocycles. The van der Waals surface area contributed by atoms with Crippen molar-refractivity contribution in [3.05, 3.63) is 58.8 Å². The third kappa shape index (κ3) is 3.40. The first-order valence-electron chi connectivity index (χ1n) is 9.42. The summed E-state index contributed by atoms with van der Waals surface area (Å²) in [4.78, 5) is 27.9. The van der Waals surface area contributed by atoms with Gasteiger partial charge in [-0.15, -0.1) is 12.4 Å². The number of hydrogen-bond acceptors (Lipinski definition) is 3. The Hall–Kier alpha value is -2.37. The highest BCUT2D eigenvalue weighted by molar-refractivity contribution is 5.94. The number of benzene rings is 2. The quantitative estimate of drug-likeness (QED) is 0.673. The largest absolute Gasteiger partial charge is 0.340 e. The molecule has 5 nitrogen and oxygen atoms in total. The van der Waals surface area contributed by atoms with Crippen LogP contribution in [-0.2, 0) is 11.3 Å². The van der Waals surface area contributed by atoms with Gasteiger partial charge in [-0.2, -0.15) is 0 Å². The van der Waals surface area contributed by atoms with Crippen LogP contribution in [0.3, 0.4) is 0 Å². The molecule has 3 aromatic rings. The number of carbonyl (C=O) groups is 1. The molecule has 1 fully saturated rings. The number of carbonyl (C=O) groups excluding carboxylic acids is 1. The molecule has 1 unspecified atom stereocenters. The topological polar surface area (TPSA) is 68.3 Å². The summed E-state index contributed by atoms with van der Waals surface area (Å²) in [6.45, 7) is 5.78. The molecule has 6 heteroatoms. The van der Waals surface area contributed by atoms with Crippen molar-refractivity contribution in [2.75, 3.05) is 13.1 Å². The molecular formula is C22H26ClN3O2. The maximum Gasteiger partial charge on any atom is 0.242 e. The second kappa shape index (κ2) is 7.57. The van der Waals surface area contributed by atoms with E-state index in [0.29, 0.717) is 23.9 Å². The molecule has 2 heterocycles. The lowest BCUT2D eigenvalue weighted by molar-refractivity contribution is -0.135. The summed E-state index contributed by atoms with van der Waals surface area (Å²) in [5, 5.41) is 1.29. The zero-order chi connectivity index (χ0) is 19.2. The summed E-state index contributed by atoms with van der Waals surface area (Å²) in [6, 6.07) is 15.1. The molecule has 0 bridgehead atoms. The Morgan fingerprint density at radius 3 is 2.14 bits per heavy atom. The van der Waals surface area contributed by atoms with Gasteiger partial charge in [0.25, 0.3) is 0 Å².